The molecule has 0 spiro atoms. The number of pyridine rings is 1. The third kappa shape index (κ3) is 5.33. The number of carbonyl (C=O) groups excluding carboxylic acids is 1. The molecule has 8 heteroatoms. The third-order valence-corrected chi connectivity index (χ3v) is 6.74. The van der Waals surface area contributed by atoms with Gasteiger partial charge in [-0.05, 0) is 55.9 Å². The van der Waals surface area contributed by atoms with Gasteiger partial charge in [0.25, 0.3) is 5.91 Å². The molecule has 0 saturated heterocycles. The fourth-order valence-electron chi connectivity index (χ4n) is 4.91. The fourth-order valence-corrected chi connectivity index (χ4v) is 4.91. The SMILES string of the molecule is Cc1ncnc(C)c1C(=O)NCc1ccc(CN(Cc2ncco2)C2CCCc3cccnc32)cc1. The zero-order valence-electron chi connectivity index (χ0n) is 20.6. The van der Waals surface area contributed by atoms with Gasteiger partial charge >= 0.3 is 0 Å². The Hall–Kier alpha value is -3.91. The van der Waals surface area contributed by atoms with Gasteiger partial charge in [0, 0.05) is 19.3 Å². The van der Waals surface area contributed by atoms with Gasteiger partial charge in [-0.1, -0.05) is 30.3 Å². The van der Waals surface area contributed by atoms with E-state index in [1.165, 1.54) is 17.5 Å². The van der Waals surface area contributed by atoms with Crippen molar-refractivity contribution in [1.82, 2.24) is 30.2 Å². The number of hydrogen-bond donors (Lipinski definition) is 1. The van der Waals surface area contributed by atoms with Crippen molar-refractivity contribution < 1.29 is 9.21 Å². The lowest BCUT2D eigenvalue weighted by atomic mass is 9.90. The average Bonchev–Trinajstić information content (AvgIpc) is 3.41. The van der Waals surface area contributed by atoms with Gasteiger partial charge in [-0.3, -0.25) is 14.7 Å². The van der Waals surface area contributed by atoms with E-state index in [0.29, 0.717) is 35.9 Å². The van der Waals surface area contributed by atoms with Gasteiger partial charge < -0.3 is 9.73 Å². The van der Waals surface area contributed by atoms with Crippen LogP contribution in [-0.2, 0) is 26.1 Å². The smallest absolute Gasteiger partial charge is 0.255 e. The summed E-state index contributed by atoms with van der Waals surface area (Å²) in [4.78, 5) is 32.5. The molecule has 0 aliphatic heterocycles. The molecule has 4 aromatic rings. The Bertz CT molecular complexity index is 1300. The zero-order chi connectivity index (χ0) is 24.9. The van der Waals surface area contributed by atoms with E-state index in [4.69, 9.17) is 9.40 Å². The molecule has 0 fully saturated rings. The van der Waals surface area contributed by atoms with Crippen LogP contribution in [0.15, 0.2) is 65.8 Å². The molecule has 1 unspecified atom stereocenters. The molecule has 1 amide bonds. The molecule has 1 atom stereocenters. The number of benzene rings is 1. The van der Waals surface area contributed by atoms with Gasteiger partial charge in [0.15, 0.2) is 0 Å². The van der Waals surface area contributed by atoms with Crippen LogP contribution >= 0.6 is 0 Å². The van der Waals surface area contributed by atoms with E-state index in [9.17, 15) is 4.79 Å². The van der Waals surface area contributed by atoms with Crippen LogP contribution in [0, 0.1) is 13.8 Å². The Labute approximate surface area is 210 Å². The predicted molar refractivity (Wildman–Crippen MR) is 135 cm³/mol. The molecule has 3 heterocycles. The summed E-state index contributed by atoms with van der Waals surface area (Å²) >= 11 is 0. The largest absolute Gasteiger partial charge is 0.448 e. The molecule has 0 radical (unpaired) electrons. The first-order valence-electron chi connectivity index (χ1n) is 12.3. The van der Waals surface area contributed by atoms with Crippen LogP contribution in [0.3, 0.4) is 0 Å². The number of amides is 1. The van der Waals surface area contributed by atoms with Crippen LogP contribution in [0.2, 0.25) is 0 Å². The summed E-state index contributed by atoms with van der Waals surface area (Å²) in [6, 6.07) is 12.8. The van der Waals surface area contributed by atoms with Crippen molar-refractivity contribution in [2.45, 2.75) is 58.8 Å². The topological polar surface area (TPSA) is 97.0 Å². The molecule has 5 rings (SSSR count). The van der Waals surface area contributed by atoms with Crippen LogP contribution in [0.1, 0.15) is 68.9 Å². The minimum absolute atomic E-state index is 0.157. The van der Waals surface area contributed by atoms with E-state index >= 15 is 0 Å². The standard InChI is InChI=1S/C28H30N6O2/c1-19-26(20(2)33-18-32-19)28(35)31-15-21-8-10-22(11-9-21)16-34(17-25-29-13-14-36-25)24-7-3-5-23-6-4-12-30-27(23)24/h4,6,8-14,18,24H,3,5,7,15-17H2,1-2H3,(H,31,35). The molecule has 1 aliphatic carbocycles. The molecular formula is C28H30N6O2. The Morgan fingerprint density at radius 2 is 1.78 bits per heavy atom. The van der Waals surface area contributed by atoms with Gasteiger partial charge in [0.1, 0.15) is 12.6 Å². The quantitative estimate of drug-likeness (QED) is 0.395. The molecule has 3 aromatic heterocycles. The number of aryl methyl sites for hydroxylation is 3. The van der Waals surface area contributed by atoms with E-state index in [1.54, 1.807) is 12.5 Å². The van der Waals surface area contributed by atoms with Crippen molar-refractivity contribution in [1.29, 1.82) is 0 Å². The molecule has 1 aromatic carbocycles. The molecule has 8 nitrogen and oxygen atoms in total. The molecule has 184 valence electrons. The monoisotopic (exact) mass is 482 g/mol. The summed E-state index contributed by atoms with van der Waals surface area (Å²) in [6.07, 6.45) is 9.93. The summed E-state index contributed by atoms with van der Waals surface area (Å²) in [5.74, 6) is 0.545. The van der Waals surface area contributed by atoms with Crippen molar-refractivity contribution >= 4 is 5.91 Å². The summed E-state index contributed by atoms with van der Waals surface area (Å²) in [5.41, 5.74) is 6.60. The molecule has 36 heavy (non-hydrogen) atoms. The van der Waals surface area contributed by atoms with Crippen molar-refractivity contribution in [3.05, 3.63) is 107 Å². The summed E-state index contributed by atoms with van der Waals surface area (Å²) < 4.78 is 5.58. The second kappa shape index (κ2) is 10.8. The number of aromatic nitrogens is 4. The summed E-state index contributed by atoms with van der Waals surface area (Å²) in [5, 5.41) is 2.99. The van der Waals surface area contributed by atoms with Crippen LogP contribution < -0.4 is 5.32 Å². The van der Waals surface area contributed by atoms with Gasteiger partial charge in [0.2, 0.25) is 5.89 Å². The first-order chi connectivity index (χ1) is 17.6. The lowest BCUT2D eigenvalue weighted by molar-refractivity contribution is 0.0948. The summed E-state index contributed by atoms with van der Waals surface area (Å²) in [6.45, 7) is 5.44. The van der Waals surface area contributed by atoms with Gasteiger partial charge in [-0.25, -0.2) is 15.0 Å². The normalized spacial score (nSPS) is 15.0. The van der Waals surface area contributed by atoms with E-state index in [1.807, 2.05) is 26.1 Å². The van der Waals surface area contributed by atoms with Crippen molar-refractivity contribution in [3.63, 3.8) is 0 Å². The second-order valence-corrected chi connectivity index (χ2v) is 9.21. The maximum Gasteiger partial charge on any atom is 0.255 e. The molecule has 0 bridgehead atoms. The number of oxazole rings is 1. The van der Waals surface area contributed by atoms with Crippen LogP contribution in [-0.4, -0.2) is 30.7 Å². The Morgan fingerprint density at radius 1 is 1.00 bits per heavy atom. The van der Waals surface area contributed by atoms with Gasteiger partial charge in [-0.2, -0.15) is 0 Å². The third-order valence-electron chi connectivity index (χ3n) is 6.74. The van der Waals surface area contributed by atoms with Crippen molar-refractivity contribution in [2.24, 2.45) is 0 Å². The van der Waals surface area contributed by atoms with E-state index in [0.717, 1.165) is 37.1 Å². The first-order valence-corrected chi connectivity index (χ1v) is 12.3. The highest BCUT2D eigenvalue weighted by Crippen LogP contribution is 2.34. The average molecular weight is 483 g/mol. The highest BCUT2D eigenvalue weighted by atomic mass is 16.3. The number of carbonyl (C=O) groups is 1. The van der Waals surface area contributed by atoms with E-state index in [-0.39, 0.29) is 11.9 Å². The maximum atomic E-state index is 12.7. The van der Waals surface area contributed by atoms with E-state index in [2.05, 4.69) is 55.5 Å². The van der Waals surface area contributed by atoms with Crippen molar-refractivity contribution in [3.8, 4) is 0 Å². The number of nitrogens with zero attached hydrogens (tertiary/aromatic N) is 5. The van der Waals surface area contributed by atoms with Crippen LogP contribution in [0.25, 0.3) is 0 Å². The highest BCUT2D eigenvalue weighted by molar-refractivity contribution is 5.96. The summed E-state index contributed by atoms with van der Waals surface area (Å²) in [7, 11) is 0. The molecule has 1 aliphatic rings. The Balaban J connectivity index is 1.29. The fraction of sp³-hybridized carbons (Fsp3) is 0.321. The molecule has 1 N–H and O–H groups in total. The minimum Gasteiger partial charge on any atom is -0.448 e. The lowest BCUT2D eigenvalue weighted by Gasteiger charge is -2.34. The number of hydrogen-bond acceptors (Lipinski definition) is 7. The number of rotatable bonds is 8. The Kier molecular flexibility index (Phi) is 7.13. The van der Waals surface area contributed by atoms with Gasteiger partial charge in [-0.15, -0.1) is 0 Å². The number of nitrogens with one attached hydrogen (secondary N) is 1. The van der Waals surface area contributed by atoms with Crippen LogP contribution in [0.4, 0.5) is 0 Å². The highest BCUT2D eigenvalue weighted by Gasteiger charge is 2.28. The maximum absolute atomic E-state index is 12.7. The number of fused-ring (bicyclic) bond motifs is 1. The Morgan fingerprint density at radius 3 is 2.53 bits per heavy atom. The second-order valence-electron chi connectivity index (χ2n) is 9.21. The van der Waals surface area contributed by atoms with Crippen molar-refractivity contribution in [2.75, 3.05) is 0 Å². The molecule has 0 saturated carbocycles. The predicted octanol–water partition coefficient (Wildman–Crippen LogP) is 4.49. The zero-order valence-corrected chi connectivity index (χ0v) is 20.6. The first kappa shape index (κ1) is 23.8. The minimum atomic E-state index is -0.157. The van der Waals surface area contributed by atoms with E-state index < -0.39 is 0 Å². The van der Waals surface area contributed by atoms with Gasteiger partial charge in [0.05, 0.1) is 41.4 Å². The molecular weight excluding hydrogens is 452 g/mol. The van der Waals surface area contributed by atoms with Crippen LogP contribution in [0.5, 0.6) is 0 Å². The lowest BCUT2D eigenvalue weighted by Crippen LogP contribution is -2.31.